The SMILES string of the molecule is Cn1c2c3cc(Br)c(Cl)cc3nc-2cc2ccccc21.I. The van der Waals surface area contributed by atoms with Gasteiger partial charge in [0.25, 0.3) is 0 Å². The maximum atomic E-state index is 6.17. The maximum absolute atomic E-state index is 6.17. The molecule has 2 aliphatic heterocycles. The standard InChI is InChI=1S/C16H10BrClN2.HI/c1-20-15-5-3-2-4-9(15)6-14-16(20)10-7-11(17)12(18)8-13(10)19-14;/h2-8H,1H3;1H. The van der Waals surface area contributed by atoms with Crippen LogP contribution in [0.4, 0.5) is 0 Å². The summed E-state index contributed by atoms with van der Waals surface area (Å²) in [5.41, 5.74) is 4.26. The maximum Gasteiger partial charge on any atom is 0.0887 e. The first kappa shape index (κ1) is 15.1. The van der Waals surface area contributed by atoms with Gasteiger partial charge in [-0.25, -0.2) is 4.98 Å². The molecule has 0 saturated carbocycles. The minimum atomic E-state index is 0. The van der Waals surface area contributed by atoms with Gasteiger partial charge in [0.1, 0.15) is 0 Å². The van der Waals surface area contributed by atoms with Crippen molar-refractivity contribution in [3.05, 3.63) is 52.0 Å². The molecule has 0 aromatic heterocycles. The highest BCUT2D eigenvalue weighted by Gasteiger charge is 2.17. The first-order chi connectivity index (χ1) is 9.65. The lowest BCUT2D eigenvalue weighted by Gasteiger charge is -2.12. The Balaban J connectivity index is 0.00000132. The highest BCUT2D eigenvalue weighted by molar-refractivity contribution is 14.0. The third-order valence-electron chi connectivity index (χ3n) is 3.70. The Labute approximate surface area is 152 Å². The second kappa shape index (κ2) is 5.41. The van der Waals surface area contributed by atoms with Crippen LogP contribution in [0.1, 0.15) is 0 Å². The van der Waals surface area contributed by atoms with Crippen molar-refractivity contribution in [1.82, 2.24) is 9.55 Å². The Hall–Kier alpha value is -0.850. The van der Waals surface area contributed by atoms with Crippen LogP contribution in [-0.4, -0.2) is 9.55 Å². The van der Waals surface area contributed by atoms with Crippen LogP contribution in [0, 0.1) is 0 Å². The third-order valence-corrected chi connectivity index (χ3v) is 4.90. The van der Waals surface area contributed by atoms with Gasteiger partial charge < -0.3 is 4.57 Å². The van der Waals surface area contributed by atoms with Crippen LogP contribution >= 0.6 is 51.5 Å². The van der Waals surface area contributed by atoms with Crippen molar-refractivity contribution in [3.63, 3.8) is 0 Å². The highest BCUT2D eigenvalue weighted by Crippen LogP contribution is 2.37. The molecule has 0 unspecified atom stereocenters. The van der Waals surface area contributed by atoms with Crippen LogP contribution in [0.5, 0.6) is 0 Å². The molecule has 2 heterocycles. The van der Waals surface area contributed by atoms with Gasteiger partial charge >= 0.3 is 0 Å². The summed E-state index contributed by atoms with van der Waals surface area (Å²) in [6.07, 6.45) is 0. The van der Waals surface area contributed by atoms with E-state index in [0.717, 1.165) is 26.8 Å². The van der Waals surface area contributed by atoms with Crippen LogP contribution in [0.25, 0.3) is 33.2 Å². The third kappa shape index (κ3) is 2.24. The molecule has 0 fully saturated rings. The molecule has 2 aromatic carbocycles. The van der Waals surface area contributed by atoms with Crippen LogP contribution in [-0.2, 0) is 7.05 Å². The number of hydrogen-bond acceptors (Lipinski definition) is 1. The topological polar surface area (TPSA) is 17.8 Å². The summed E-state index contributed by atoms with van der Waals surface area (Å²) in [4.78, 5) is 4.70. The quantitative estimate of drug-likeness (QED) is 0.292. The normalized spacial score (nSPS) is 11.2. The second-order valence-electron chi connectivity index (χ2n) is 4.89. The molecule has 2 aliphatic rings. The van der Waals surface area contributed by atoms with E-state index in [-0.39, 0.29) is 24.0 Å². The summed E-state index contributed by atoms with van der Waals surface area (Å²) in [5.74, 6) is 0. The molecule has 0 radical (unpaired) electrons. The Bertz CT molecular complexity index is 948. The Kier molecular flexibility index (Phi) is 3.88. The van der Waals surface area contributed by atoms with Gasteiger partial charge in [-0.15, -0.1) is 24.0 Å². The lowest BCUT2D eigenvalue weighted by molar-refractivity contribution is 0.967. The lowest BCUT2D eigenvalue weighted by Crippen LogP contribution is -1.98. The van der Waals surface area contributed by atoms with E-state index < -0.39 is 0 Å². The first-order valence-corrected chi connectivity index (χ1v) is 7.45. The van der Waals surface area contributed by atoms with Gasteiger partial charge in [-0.1, -0.05) is 29.8 Å². The van der Waals surface area contributed by atoms with E-state index in [1.54, 1.807) is 0 Å². The van der Waals surface area contributed by atoms with Crippen LogP contribution in [0.3, 0.4) is 0 Å². The number of halogens is 3. The Morgan fingerprint density at radius 1 is 1.14 bits per heavy atom. The zero-order valence-electron chi connectivity index (χ0n) is 11.1. The van der Waals surface area contributed by atoms with Gasteiger partial charge in [-0.3, -0.25) is 0 Å². The van der Waals surface area contributed by atoms with Crippen LogP contribution in [0.15, 0.2) is 46.9 Å². The monoisotopic (exact) mass is 472 g/mol. The van der Waals surface area contributed by atoms with Gasteiger partial charge in [0, 0.05) is 27.8 Å². The molecule has 0 amide bonds. The Morgan fingerprint density at radius 2 is 1.90 bits per heavy atom. The fraction of sp³-hybridized carbons (Fsp3) is 0.0625. The van der Waals surface area contributed by atoms with Crippen LogP contribution in [0.2, 0.25) is 5.02 Å². The van der Waals surface area contributed by atoms with Crippen molar-refractivity contribution in [1.29, 1.82) is 0 Å². The van der Waals surface area contributed by atoms with Crippen molar-refractivity contribution < 1.29 is 0 Å². The highest BCUT2D eigenvalue weighted by atomic mass is 127. The summed E-state index contributed by atoms with van der Waals surface area (Å²) >= 11 is 9.66. The molecule has 0 spiro atoms. The first-order valence-electron chi connectivity index (χ1n) is 6.28. The van der Waals surface area contributed by atoms with Crippen molar-refractivity contribution >= 4 is 73.3 Å². The molecular formula is C16H11BrClIN2. The summed E-state index contributed by atoms with van der Waals surface area (Å²) < 4.78 is 3.09. The molecule has 0 saturated heterocycles. The second-order valence-corrected chi connectivity index (χ2v) is 6.15. The average Bonchev–Trinajstić information content (AvgIpc) is 2.77. The Morgan fingerprint density at radius 3 is 2.71 bits per heavy atom. The van der Waals surface area contributed by atoms with E-state index >= 15 is 0 Å². The molecule has 21 heavy (non-hydrogen) atoms. The van der Waals surface area contributed by atoms with Gasteiger partial charge in [0.2, 0.25) is 0 Å². The van der Waals surface area contributed by atoms with E-state index in [9.17, 15) is 0 Å². The van der Waals surface area contributed by atoms with E-state index in [2.05, 4.69) is 51.8 Å². The predicted octanol–water partition coefficient (Wildman–Crippen LogP) is 5.87. The number of aromatic nitrogens is 2. The molecule has 2 aromatic rings. The van der Waals surface area contributed by atoms with Crippen molar-refractivity contribution in [2.24, 2.45) is 7.05 Å². The van der Waals surface area contributed by atoms with Gasteiger partial charge in [-0.05, 0) is 40.2 Å². The number of nitrogens with zero attached hydrogens (tertiary/aromatic N) is 2. The van der Waals surface area contributed by atoms with Crippen molar-refractivity contribution in [2.75, 3.05) is 0 Å². The smallest absolute Gasteiger partial charge is 0.0887 e. The van der Waals surface area contributed by atoms with E-state index in [1.165, 1.54) is 10.9 Å². The fourth-order valence-corrected chi connectivity index (χ4v) is 3.28. The number of hydrogen-bond donors (Lipinski definition) is 0. The molecule has 4 rings (SSSR count). The van der Waals surface area contributed by atoms with Crippen molar-refractivity contribution in [2.45, 2.75) is 0 Å². The van der Waals surface area contributed by atoms with E-state index in [0.29, 0.717) is 5.02 Å². The average molecular weight is 474 g/mol. The largest absolute Gasteiger partial charge is 0.342 e. The summed E-state index contributed by atoms with van der Waals surface area (Å²) in [6, 6.07) is 14.4. The number of benzene rings is 2. The van der Waals surface area contributed by atoms with Gasteiger partial charge in [0.05, 0.1) is 21.9 Å². The van der Waals surface area contributed by atoms with Crippen LogP contribution < -0.4 is 0 Å². The number of rotatable bonds is 0. The molecule has 0 bridgehead atoms. The fourth-order valence-electron chi connectivity index (χ4n) is 2.78. The molecule has 5 heteroatoms. The van der Waals surface area contributed by atoms with Gasteiger partial charge in [-0.2, -0.15) is 0 Å². The lowest BCUT2D eigenvalue weighted by atomic mass is 10.1. The summed E-state index contributed by atoms with van der Waals surface area (Å²) in [5, 5.41) is 2.99. The molecule has 106 valence electrons. The predicted molar refractivity (Wildman–Crippen MR) is 103 cm³/mol. The van der Waals surface area contributed by atoms with Gasteiger partial charge in [0.15, 0.2) is 0 Å². The summed E-state index contributed by atoms with van der Waals surface area (Å²) in [7, 11) is 2.08. The molecule has 2 nitrogen and oxygen atoms in total. The molecule has 0 aliphatic carbocycles. The minimum Gasteiger partial charge on any atom is -0.342 e. The minimum absolute atomic E-state index is 0. The zero-order chi connectivity index (χ0) is 13.9. The molecule has 0 atom stereocenters. The number of pyridine rings is 1. The van der Waals surface area contributed by atoms with E-state index in [4.69, 9.17) is 16.6 Å². The van der Waals surface area contributed by atoms with E-state index in [1.807, 2.05) is 18.2 Å². The summed E-state index contributed by atoms with van der Waals surface area (Å²) in [6.45, 7) is 0. The van der Waals surface area contributed by atoms with Crippen molar-refractivity contribution in [3.8, 4) is 11.4 Å². The zero-order valence-corrected chi connectivity index (χ0v) is 15.8. The number of aryl methyl sites for hydroxylation is 1. The molecule has 0 N–H and O–H groups in total. The molecular weight excluding hydrogens is 462 g/mol. The number of fused-ring (bicyclic) bond motifs is 4. The number of para-hydroxylation sites is 1.